The molecule has 0 aromatic rings. The van der Waals surface area contributed by atoms with Gasteiger partial charge in [-0.05, 0) is 38.5 Å². The summed E-state index contributed by atoms with van der Waals surface area (Å²) in [4.78, 5) is 26.8. The molecule has 240 valence electrons. The van der Waals surface area contributed by atoms with E-state index in [0.29, 0.717) is 51.6 Å². The molecule has 0 heterocycles. The Labute approximate surface area is 281 Å². The van der Waals surface area contributed by atoms with Crippen molar-refractivity contribution in [3.05, 3.63) is 0 Å². The van der Waals surface area contributed by atoms with Crippen LogP contribution in [0.4, 0.5) is 0 Å². The summed E-state index contributed by atoms with van der Waals surface area (Å²) in [7, 11) is -4.79. The van der Waals surface area contributed by atoms with E-state index in [1.165, 1.54) is 51.4 Å². The predicted molar refractivity (Wildman–Crippen MR) is 165 cm³/mol. The molecule has 13 heteroatoms. The Morgan fingerprint density at radius 2 is 0.805 bits per heavy atom. The van der Waals surface area contributed by atoms with Crippen molar-refractivity contribution in [3.8, 4) is 0 Å². The van der Waals surface area contributed by atoms with Crippen LogP contribution in [0.1, 0.15) is 129 Å². The van der Waals surface area contributed by atoms with Gasteiger partial charge in [-0.1, -0.05) is 78.1 Å². The van der Waals surface area contributed by atoms with Gasteiger partial charge in [0.15, 0.2) is 0 Å². The largest absolute Gasteiger partial charge is 2.00 e. The molecule has 41 heavy (non-hydrogen) atoms. The maximum absolute atomic E-state index is 11.8. The van der Waals surface area contributed by atoms with Crippen LogP contribution in [0, 0.1) is 0 Å². The summed E-state index contributed by atoms with van der Waals surface area (Å²) in [5.74, 6) is -0.477. The van der Waals surface area contributed by atoms with Crippen LogP contribution in [0.15, 0.2) is 0 Å². The average molecular weight is 653 g/mol. The monoisotopic (exact) mass is 652 g/mol. The van der Waals surface area contributed by atoms with Gasteiger partial charge in [-0.3, -0.25) is 9.59 Å². The van der Waals surface area contributed by atoms with Gasteiger partial charge in [0, 0.05) is 51.5 Å². The van der Waals surface area contributed by atoms with Crippen molar-refractivity contribution in [2.45, 2.75) is 129 Å². The van der Waals surface area contributed by atoms with Crippen LogP contribution in [0.2, 0.25) is 0 Å². The molecular formula is C28H56CaN2O8S2. The zero-order chi connectivity index (χ0) is 30.9. The van der Waals surface area contributed by atoms with Gasteiger partial charge in [0.25, 0.3) is 0 Å². The van der Waals surface area contributed by atoms with Crippen LogP contribution in [0.5, 0.6) is 0 Å². The van der Waals surface area contributed by atoms with Crippen LogP contribution in [0.3, 0.4) is 0 Å². The molecule has 0 saturated heterocycles. The van der Waals surface area contributed by atoms with Crippen LogP contribution in [-0.2, 0) is 29.8 Å². The number of unbranched alkanes of at least 4 members (excludes halogenated alkanes) is 12. The van der Waals surface area contributed by atoms with Gasteiger partial charge in [-0.15, -0.1) is 0 Å². The molecular weight excluding hydrogens is 597 g/mol. The normalized spacial score (nSPS) is 11.3. The van der Waals surface area contributed by atoms with Gasteiger partial charge in [0.2, 0.25) is 11.8 Å². The van der Waals surface area contributed by atoms with E-state index in [1.54, 1.807) is 23.9 Å². The molecule has 0 aromatic heterocycles. The molecule has 10 nitrogen and oxygen atoms in total. The number of rotatable bonds is 24. The molecule has 0 fully saturated rings. The van der Waals surface area contributed by atoms with Crippen molar-refractivity contribution in [1.82, 2.24) is 9.80 Å². The first-order chi connectivity index (χ1) is 18.7. The van der Waals surface area contributed by atoms with Crippen LogP contribution < -0.4 is 0 Å². The van der Waals surface area contributed by atoms with Gasteiger partial charge in [-0.25, -0.2) is 16.8 Å². The van der Waals surface area contributed by atoms with Gasteiger partial charge in [-0.2, -0.15) is 0 Å². The summed E-state index contributed by atoms with van der Waals surface area (Å²) in [5, 5.41) is 0. The zero-order valence-corrected chi connectivity index (χ0v) is 30.1. The van der Waals surface area contributed by atoms with Crippen molar-refractivity contribution in [2.75, 3.05) is 38.7 Å². The molecule has 0 aliphatic heterocycles. The summed E-state index contributed by atoms with van der Waals surface area (Å²) >= 11 is 0. The van der Waals surface area contributed by atoms with E-state index in [-0.39, 0.29) is 61.1 Å². The molecule has 0 spiro atoms. The van der Waals surface area contributed by atoms with E-state index in [2.05, 4.69) is 13.8 Å². The molecule has 0 unspecified atom stereocenters. The molecule has 0 aliphatic carbocycles. The molecule has 0 saturated carbocycles. The van der Waals surface area contributed by atoms with Crippen molar-refractivity contribution < 1.29 is 35.5 Å². The Morgan fingerprint density at radius 1 is 0.512 bits per heavy atom. The number of nitrogens with zero attached hydrogens (tertiary/aromatic N) is 2. The van der Waals surface area contributed by atoms with Crippen LogP contribution >= 0.6 is 0 Å². The maximum Gasteiger partial charge on any atom is 2.00 e. The minimum atomic E-state index is -4.12. The average Bonchev–Trinajstić information content (AvgIpc) is 2.87. The van der Waals surface area contributed by atoms with E-state index >= 15 is 0 Å². The predicted octanol–water partition coefficient (Wildman–Crippen LogP) is 4.66. The Bertz CT molecular complexity index is 785. The molecule has 0 aromatic carbocycles. The molecule has 0 rings (SSSR count). The quantitative estimate of drug-likeness (QED) is 0.0828. The fourth-order valence-corrected chi connectivity index (χ4v) is 5.12. The smallest absolute Gasteiger partial charge is 0.748 e. The second kappa shape index (κ2) is 28.8. The number of hydrogen-bond donors (Lipinski definition) is 0. The first-order valence-electron chi connectivity index (χ1n) is 15.1. The second-order valence-corrected chi connectivity index (χ2v) is 13.7. The van der Waals surface area contributed by atoms with Crippen molar-refractivity contribution in [3.63, 3.8) is 0 Å². The first kappa shape index (κ1) is 45.4. The number of amides is 2. The molecule has 0 radical (unpaired) electrons. The Kier molecular flexibility index (Phi) is 31.9. The third-order valence-corrected chi connectivity index (χ3v) is 8.19. The molecule has 0 atom stereocenters. The molecule has 0 bridgehead atoms. The fraction of sp³-hybridized carbons (Fsp3) is 0.929. The number of carbonyl (C=O) groups excluding carboxylic acids is 2. The Balaban J connectivity index is -0.000000688. The minimum absolute atomic E-state index is 0. The number of carbonyl (C=O) groups is 2. The van der Waals surface area contributed by atoms with E-state index in [4.69, 9.17) is 0 Å². The van der Waals surface area contributed by atoms with Gasteiger partial charge >= 0.3 is 37.7 Å². The van der Waals surface area contributed by atoms with Crippen molar-refractivity contribution in [1.29, 1.82) is 0 Å². The van der Waals surface area contributed by atoms with E-state index in [9.17, 15) is 35.5 Å². The fourth-order valence-electron chi connectivity index (χ4n) is 4.00. The first-order valence-corrected chi connectivity index (χ1v) is 18.2. The maximum atomic E-state index is 11.8. The Morgan fingerprint density at radius 3 is 1.10 bits per heavy atom. The second-order valence-electron chi connectivity index (χ2n) is 10.6. The summed E-state index contributed by atoms with van der Waals surface area (Å²) in [6.07, 6.45) is 16.7. The van der Waals surface area contributed by atoms with Crippen molar-refractivity contribution in [2.24, 2.45) is 0 Å². The van der Waals surface area contributed by atoms with Gasteiger partial charge in [0.05, 0.1) is 20.2 Å². The summed E-state index contributed by atoms with van der Waals surface area (Å²) < 4.78 is 62.5. The van der Waals surface area contributed by atoms with E-state index in [0.717, 1.165) is 25.7 Å². The third-order valence-electron chi connectivity index (χ3n) is 6.62. The van der Waals surface area contributed by atoms with Crippen LogP contribution in [-0.4, -0.2) is 124 Å². The van der Waals surface area contributed by atoms with E-state index in [1.807, 2.05) is 0 Å². The molecule has 0 aliphatic rings. The van der Waals surface area contributed by atoms with Gasteiger partial charge < -0.3 is 18.9 Å². The SMILES string of the molecule is CCCCCCCCC(=O)N(C)CCCCS(=O)(=O)[O-].CCCCCCCCC(=O)N(C)CCCCS(=O)(=O)[O-].[Ca+2]. The molecule has 2 amide bonds. The molecule has 0 N–H and O–H groups in total. The van der Waals surface area contributed by atoms with E-state index < -0.39 is 20.2 Å². The third kappa shape index (κ3) is 36.1. The summed E-state index contributed by atoms with van der Waals surface area (Å²) in [5.41, 5.74) is 0. The summed E-state index contributed by atoms with van der Waals surface area (Å²) in [6, 6.07) is 0. The summed E-state index contributed by atoms with van der Waals surface area (Å²) in [6.45, 7) is 5.39. The van der Waals surface area contributed by atoms with Crippen LogP contribution in [0.25, 0.3) is 0 Å². The Hall–Kier alpha value is 0.0197. The standard InChI is InChI=1S/2C14H29NO4S.Ca/c2*1-3-4-5-6-7-8-11-14(16)15(2)12-9-10-13-20(17,18)19;/h2*3-13H2,1-2H3,(H,17,18,19);/q;;+2/p-2. The minimum Gasteiger partial charge on any atom is -0.748 e. The number of hydrogen-bond acceptors (Lipinski definition) is 8. The van der Waals surface area contributed by atoms with Crippen molar-refractivity contribution >= 4 is 69.8 Å². The zero-order valence-electron chi connectivity index (χ0n) is 26.2. The van der Waals surface area contributed by atoms with Gasteiger partial charge in [0.1, 0.15) is 0 Å². The topological polar surface area (TPSA) is 155 Å².